The van der Waals surface area contributed by atoms with E-state index in [0.29, 0.717) is 19.3 Å². The predicted molar refractivity (Wildman–Crippen MR) is 255 cm³/mol. The van der Waals surface area contributed by atoms with E-state index in [1.807, 2.05) is 0 Å². The maximum Gasteiger partial charge on any atom is 0.306 e. The molecular formula is C53H103NO5. The summed E-state index contributed by atoms with van der Waals surface area (Å²) in [5.74, 6) is -0.466. The smallest absolute Gasteiger partial charge is 0.306 e. The number of hydrogen-bond donors (Lipinski definition) is 3. The molecular weight excluding hydrogens is 731 g/mol. The lowest BCUT2D eigenvalue weighted by Gasteiger charge is -2.24. The Morgan fingerprint density at radius 3 is 1.22 bits per heavy atom. The van der Waals surface area contributed by atoms with Gasteiger partial charge in [0.2, 0.25) is 5.91 Å². The van der Waals surface area contributed by atoms with E-state index in [1.54, 1.807) is 0 Å². The van der Waals surface area contributed by atoms with Crippen molar-refractivity contribution in [2.45, 2.75) is 309 Å². The molecule has 0 rings (SSSR count). The van der Waals surface area contributed by atoms with Crippen LogP contribution in [0.1, 0.15) is 290 Å². The Bertz CT molecular complexity index is 893. The summed E-state index contributed by atoms with van der Waals surface area (Å²) in [5.41, 5.74) is 0. The fourth-order valence-electron chi connectivity index (χ4n) is 8.31. The Kier molecular flexibility index (Phi) is 46.5. The summed E-state index contributed by atoms with van der Waals surface area (Å²) >= 11 is 0. The van der Waals surface area contributed by atoms with Crippen molar-refractivity contribution in [2.24, 2.45) is 0 Å². The molecule has 1 amide bonds. The Morgan fingerprint density at radius 1 is 0.475 bits per heavy atom. The first-order valence-corrected chi connectivity index (χ1v) is 26.4. The molecule has 3 atom stereocenters. The van der Waals surface area contributed by atoms with Gasteiger partial charge in [-0.25, -0.2) is 0 Å². The van der Waals surface area contributed by atoms with Crippen molar-refractivity contribution in [3.05, 3.63) is 12.2 Å². The highest BCUT2D eigenvalue weighted by Gasteiger charge is 2.24. The average Bonchev–Trinajstić information content (AvgIpc) is 3.23. The number of unbranched alkanes of at least 4 members (excludes halogenated alkanes) is 34. The van der Waals surface area contributed by atoms with Crippen LogP contribution < -0.4 is 5.32 Å². The van der Waals surface area contributed by atoms with Crippen molar-refractivity contribution in [3.63, 3.8) is 0 Å². The molecule has 0 bridgehead atoms. The predicted octanol–water partition coefficient (Wildman–Crippen LogP) is 15.7. The van der Waals surface area contributed by atoms with E-state index in [2.05, 4.69) is 38.2 Å². The molecule has 0 saturated heterocycles. The summed E-state index contributed by atoms with van der Waals surface area (Å²) in [6.07, 6.45) is 52.7. The number of allylic oxidation sites excluding steroid dienone is 2. The van der Waals surface area contributed by atoms with Gasteiger partial charge in [0.15, 0.2) is 0 Å². The summed E-state index contributed by atoms with van der Waals surface area (Å²) in [6, 6.07) is -0.697. The first kappa shape index (κ1) is 57.6. The van der Waals surface area contributed by atoms with Crippen LogP contribution >= 0.6 is 0 Å². The Morgan fingerprint density at radius 2 is 0.814 bits per heavy atom. The number of esters is 1. The SMILES string of the molecule is CCCCCC/C=C\CCCCCCCC(CC(=O)NC(CO)C(O)CCCCCCCCCCCCCCCCCC)OC(=O)CCCCCCCCCCCCC. The quantitative estimate of drug-likeness (QED) is 0.0322. The number of carbonyl (C=O) groups is 2. The first-order valence-electron chi connectivity index (χ1n) is 26.4. The van der Waals surface area contributed by atoms with E-state index in [0.717, 1.165) is 57.8 Å². The van der Waals surface area contributed by atoms with Gasteiger partial charge in [-0.1, -0.05) is 238 Å². The van der Waals surface area contributed by atoms with Crippen LogP contribution in [-0.2, 0) is 14.3 Å². The molecule has 59 heavy (non-hydrogen) atoms. The highest BCUT2D eigenvalue weighted by atomic mass is 16.5. The number of hydrogen-bond acceptors (Lipinski definition) is 5. The zero-order valence-corrected chi connectivity index (χ0v) is 39.9. The van der Waals surface area contributed by atoms with Crippen molar-refractivity contribution >= 4 is 11.9 Å². The van der Waals surface area contributed by atoms with Gasteiger partial charge in [0, 0.05) is 6.42 Å². The minimum atomic E-state index is -0.784. The fraction of sp³-hybridized carbons (Fsp3) is 0.925. The minimum absolute atomic E-state index is 0.0787. The third-order valence-corrected chi connectivity index (χ3v) is 12.3. The summed E-state index contributed by atoms with van der Waals surface area (Å²) in [7, 11) is 0. The molecule has 0 aromatic rings. The second kappa shape index (κ2) is 47.6. The number of carbonyl (C=O) groups excluding carboxylic acids is 2. The number of nitrogens with one attached hydrogen (secondary N) is 1. The topological polar surface area (TPSA) is 95.9 Å². The molecule has 0 aliphatic heterocycles. The molecule has 0 fully saturated rings. The van der Waals surface area contributed by atoms with Crippen LogP contribution in [0.2, 0.25) is 0 Å². The molecule has 0 radical (unpaired) electrons. The molecule has 0 aromatic carbocycles. The van der Waals surface area contributed by atoms with Gasteiger partial charge in [0.05, 0.1) is 25.2 Å². The number of aliphatic hydroxyl groups excluding tert-OH is 2. The van der Waals surface area contributed by atoms with E-state index in [-0.39, 0.29) is 24.9 Å². The lowest BCUT2D eigenvalue weighted by molar-refractivity contribution is -0.151. The van der Waals surface area contributed by atoms with Crippen LogP contribution in [0, 0.1) is 0 Å². The van der Waals surface area contributed by atoms with Crippen LogP contribution in [0.15, 0.2) is 12.2 Å². The third-order valence-electron chi connectivity index (χ3n) is 12.3. The summed E-state index contributed by atoms with van der Waals surface area (Å²) in [4.78, 5) is 26.1. The third kappa shape index (κ3) is 43.1. The highest BCUT2D eigenvalue weighted by molar-refractivity contribution is 5.77. The van der Waals surface area contributed by atoms with Crippen LogP contribution in [0.5, 0.6) is 0 Å². The summed E-state index contributed by atoms with van der Waals surface area (Å²) in [6.45, 7) is 6.49. The van der Waals surface area contributed by atoms with Gasteiger partial charge < -0.3 is 20.3 Å². The summed E-state index contributed by atoms with van der Waals surface area (Å²) in [5, 5.41) is 23.8. The average molecular weight is 834 g/mol. The Hall–Kier alpha value is -1.40. The van der Waals surface area contributed by atoms with Crippen molar-refractivity contribution < 1.29 is 24.5 Å². The second-order valence-corrected chi connectivity index (χ2v) is 18.3. The molecule has 0 aliphatic rings. The van der Waals surface area contributed by atoms with Crippen LogP contribution in [0.3, 0.4) is 0 Å². The van der Waals surface area contributed by atoms with E-state index >= 15 is 0 Å². The zero-order valence-electron chi connectivity index (χ0n) is 39.9. The number of amides is 1. The monoisotopic (exact) mass is 834 g/mol. The fourth-order valence-corrected chi connectivity index (χ4v) is 8.31. The number of rotatable bonds is 48. The molecule has 0 spiro atoms. The molecule has 350 valence electrons. The maximum absolute atomic E-state index is 13.2. The zero-order chi connectivity index (χ0) is 43.1. The van der Waals surface area contributed by atoms with Crippen LogP contribution in [0.25, 0.3) is 0 Å². The maximum atomic E-state index is 13.2. The Labute approximate surface area is 368 Å². The van der Waals surface area contributed by atoms with Gasteiger partial charge in [0.1, 0.15) is 6.10 Å². The largest absolute Gasteiger partial charge is 0.462 e. The lowest BCUT2D eigenvalue weighted by atomic mass is 10.0. The van der Waals surface area contributed by atoms with Gasteiger partial charge in [-0.3, -0.25) is 9.59 Å². The van der Waals surface area contributed by atoms with E-state index in [9.17, 15) is 19.8 Å². The Balaban J connectivity index is 4.48. The van der Waals surface area contributed by atoms with Gasteiger partial charge in [-0.2, -0.15) is 0 Å². The van der Waals surface area contributed by atoms with E-state index in [1.165, 1.54) is 186 Å². The van der Waals surface area contributed by atoms with Crippen molar-refractivity contribution in [2.75, 3.05) is 6.61 Å². The van der Waals surface area contributed by atoms with Gasteiger partial charge in [-0.15, -0.1) is 0 Å². The van der Waals surface area contributed by atoms with Crippen molar-refractivity contribution in [1.82, 2.24) is 5.32 Å². The van der Waals surface area contributed by atoms with Crippen LogP contribution in [-0.4, -0.2) is 46.9 Å². The first-order chi connectivity index (χ1) is 29.0. The molecule has 0 aromatic heterocycles. The molecule has 3 unspecified atom stereocenters. The molecule has 0 heterocycles. The number of ether oxygens (including phenoxy) is 1. The summed E-state index contributed by atoms with van der Waals surface area (Å²) < 4.78 is 5.93. The highest BCUT2D eigenvalue weighted by Crippen LogP contribution is 2.18. The van der Waals surface area contributed by atoms with E-state index < -0.39 is 18.2 Å². The molecule has 0 aliphatic carbocycles. The van der Waals surface area contributed by atoms with E-state index in [4.69, 9.17) is 4.74 Å². The number of aliphatic hydroxyl groups is 2. The van der Waals surface area contributed by atoms with Gasteiger partial charge >= 0.3 is 5.97 Å². The molecule has 3 N–H and O–H groups in total. The normalized spacial score (nSPS) is 13.2. The molecule has 0 saturated carbocycles. The van der Waals surface area contributed by atoms with Crippen molar-refractivity contribution in [3.8, 4) is 0 Å². The van der Waals surface area contributed by atoms with Crippen LogP contribution in [0.4, 0.5) is 0 Å². The van der Waals surface area contributed by atoms with Crippen molar-refractivity contribution in [1.29, 1.82) is 0 Å². The van der Waals surface area contributed by atoms with Gasteiger partial charge in [0.25, 0.3) is 0 Å². The standard InChI is InChI=1S/C53H103NO5/c1-4-7-10-13-16-19-22-24-25-26-28-31-33-36-39-42-45-51(56)50(48-55)54-52(57)47-49(44-41-38-35-32-30-27-23-20-17-14-11-8-5-2)59-53(58)46-43-40-37-34-29-21-18-15-12-9-6-3/h20,23,49-51,55-56H,4-19,21-22,24-48H2,1-3H3,(H,54,57)/b23-20-. The molecule has 6 heteroatoms. The lowest BCUT2D eigenvalue weighted by Crippen LogP contribution is -2.46. The second-order valence-electron chi connectivity index (χ2n) is 18.3. The van der Waals surface area contributed by atoms with Gasteiger partial charge in [-0.05, 0) is 51.4 Å². The molecule has 6 nitrogen and oxygen atoms in total. The minimum Gasteiger partial charge on any atom is -0.462 e.